The molecule has 3 N–H and O–H groups in total. The Bertz CT molecular complexity index is 644. The molecule has 0 radical (unpaired) electrons. The molecule has 0 heterocycles. The summed E-state index contributed by atoms with van der Waals surface area (Å²) in [7, 11) is 0. The summed E-state index contributed by atoms with van der Waals surface area (Å²) in [4.78, 5) is 12.2. The first-order valence-electron chi connectivity index (χ1n) is 6.73. The van der Waals surface area contributed by atoms with Crippen molar-refractivity contribution in [1.82, 2.24) is 5.32 Å². The summed E-state index contributed by atoms with van der Waals surface area (Å²) in [5, 5.41) is 11.7. The largest absolute Gasteiger partial charge is 0.348 e. The van der Waals surface area contributed by atoms with Crippen molar-refractivity contribution in [2.24, 2.45) is 5.73 Å². The summed E-state index contributed by atoms with van der Waals surface area (Å²) < 4.78 is 0. The number of rotatable bonds is 4. The first-order valence-corrected chi connectivity index (χ1v) is 6.73. The summed E-state index contributed by atoms with van der Waals surface area (Å²) in [6.45, 7) is 1.89. The minimum Gasteiger partial charge on any atom is -0.348 e. The number of carbonyl (C=O) groups is 1. The van der Waals surface area contributed by atoms with E-state index in [1.807, 2.05) is 49.4 Å². The monoisotopic (exact) mass is 279 g/mol. The van der Waals surface area contributed by atoms with Gasteiger partial charge in [0.25, 0.3) is 0 Å². The van der Waals surface area contributed by atoms with Crippen LogP contribution in [0.15, 0.2) is 54.6 Å². The van der Waals surface area contributed by atoms with Crippen LogP contribution in [0.1, 0.15) is 35.7 Å². The average Bonchev–Trinajstić information content (AvgIpc) is 2.55. The van der Waals surface area contributed by atoms with Gasteiger partial charge in [-0.15, -0.1) is 0 Å². The quantitative estimate of drug-likeness (QED) is 0.902. The zero-order valence-electron chi connectivity index (χ0n) is 11.8. The first-order chi connectivity index (χ1) is 10.1. The molecule has 0 spiro atoms. The fraction of sp³-hybridized carbons (Fsp3) is 0.176. The number of hydrogen-bond donors (Lipinski definition) is 2. The van der Waals surface area contributed by atoms with Crippen molar-refractivity contribution in [2.75, 3.05) is 0 Å². The molecule has 0 aromatic heterocycles. The lowest BCUT2D eigenvalue weighted by Crippen LogP contribution is -2.35. The number of benzene rings is 2. The highest BCUT2D eigenvalue weighted by atomic mass is 16.2. The van der Waals surface area contributed by atoms with Crippen molar-refractivity contribution in [3.63, 3.8) is 0 Å². The van der Waals surface area contributed by atoms with Crippen LogP contribution in [0.4, 0.5) is 0 Å². The third-order valence-corrected chi connectivity index (χ3v) is 3.34. The normalized spacial score (nSPS) is 13.0. The van der Waals surface area contributed by atoms with E-state index in [2.05, 4.69) is 11.4 Å². The Labute approximate surface area is 124 Å². The van der Waals surface area contributed by atoms with Gasteiger partial charge in [-0.2, -0.15) is 5.26 Å². The zero-order valence-corrected chi connectivity index (χ0v) is 11.8. The highest BCUT2D eigenvalue weighted by Crippen LogP contribution is 2.15. The predicted molar refractivity (Wildman–Crippen MR) is 81.1 cm³/mol. The lowest BCUT2D eigenvalue weighted by molar-refractivity contribution is -0.123. The van der Waals surface area contributed by atoms with E-state index in [1.54, 1.807) is 12.1 Å². The fourth-order valence-corrected chi connectivity index (χ4v) is 2.04. The number of amides is 1. The summed E-state index contributed by atoms with van der Waals surface area (Å²) in [6, 6.07) is 17.6. The number of carbonyl (C=O) groups excluding carboxylic acids is 1. The maximum atomic E-state index is 12.2. The van der Waals surface area contributed by atoms with E-state index in [0.717, 1.165) is 11.1 Å². The van der Waals surface area contributed by atoms with Gasteiger partial charge in [0.2, 0.25) is 5.91 Å². The van der Waals surface area contributed by atoms with Gasteiger partial charge >= 0.3 is 0 Å². The number of nitrogens with zero attached hydrogens (tertiary/aromatic N) is 1. The van der Waals surface area contributed by atoms with Crippen LogP contribution in [0.3, 0.4) is 0 Å². The minimum absolute atomic E-state index is 0.167. The third kappa shape index (κ3) is 3.68. The van der Waals surface area contributed by atoms with Gasteiger partial charge in [-0.1, -0.05) is 42.5 Å². The van der Waals surface area contributed by atoms with Crippen molar-refractivity contribution in [2.45, 2.75) is 19.0 Å². The van der Waals surface area contributed by atoms with Crippen molar-refractivity contribution in [3.8, 4) is 6.07 Å². The molecule has 2 atom stereocenters. The highest BCUT2D eigenvalue weighted by molar-refractivity contribution is 5.83. The van der Waals surface area contributed by atoms with Crippen molar-refractivity contribution >= 4 is 5.91 Å². The third-order valence-electron chi connectivity index (χ3n) is 3.34. The smallest absolute Gasteiger partial charge is 0.241 e. The number of nitrogens with two attached hydrogens (primary N) is 1. The molecule has 4 nitrogen and oxygen atoms in total. The van der Waals surface area contributed by atoms with Crippen molar-refractivity contribution in [1.29, 1.82) is 5.26 Å². The SMILES string of the molecule is CC(NC(=O)[C@@H](N)c1ccccc1)c1ccc(C#N)cc1. The van der Waals surface area contributed by atoms with Crippen LogP contribution in [0.25, 0.3) is 0 Å². The Kier molecular flexibility index (Phi) is 4.70. The Balaban J connectivity index is 2.03. The second kappa shape index (κ2) is 6.69. The first kappa shape index (κ1) is 14.8. The Morgan fingerprint density at radius 1 is 1.10 bits per heavy atom. The maximum Gasteiger partial charge on any atom is 0.241 e. The van der Waals surface area contributed by atoms with Crippen LogP contribution in [0.5, 0.6) is 0 Å². The minimum atomic E-state index is -0.688. The molecule has 106 valence electrons. The van der Waals surface area contributed by atoms with Crippen molar-refractivity contribution in [3.05, 3.63) is 71.3 Å². The Morgan fingerprint density at radius 2 is 1.71 bits per heavy atom. The summed E-state index contributed by atoms with van der Waals surface area (Å²) in [5.74, 6) is -0.224. The molecular weight excluding hydrogens is 262 g/mol. The maximum absolute atomic E-state index is 12.2. The number of nitriles is 1. The van der Waals surface area contributed by atoms with Gasteiger partial charge in [-0.3, -0.25) is 4.79 Å². The van der Waals surface area contributed by atoms with Gasteiger partial charge in [0.1, 0.15) is 6.04 Å². The molecular formula is C17H17N3O. The highest BCUT2D eigenvalue weighted by Gasteiger charge is 2.18. The zero-order chi connectivity index (χ0) is 15.2. The van der Waals surface area contributed by atoms with E-state index < -0.39 is 6.04 Å². The molecule has 0 aliphatic carbocycles. The van der Waals surface area contributed by atoms with Gasteiger partial charge in [-0.25, -0.2) is 0 Å². The van der Waals surface area contributed by atoms with Gasteiger partial charge < -0.3 is 11.1 Å². The van der Waals surface area contributed by atoms with E-state index in [1.165, 1.54) is 0 Å². The van der Waals surface area contributed by atoms with Gasteiger partial charge in [-0.05, 0) is 30.2 Å². The molecule has 0 bridgehead atoms. The number of nitrogens with one attached hydrogen (secondary N) is 1. The molecule has 21 heavy (non-hydrogen) atoms. The lowest BCUT2D eigenvalue weighted by atomic mass is 10.0. The van der Waals surface area contributed by atoms with Crippen molar-refractivity contribution < 1.29 is 4.79 Å². The molecule has 0 aliphatic rings. The predicted octanol–water partition coefficient (Wildman–Crippen LogP) is 2.44. The molecule has 0 saturated carbocycles. The van der Waals surface area contributed by atoms with E-state index in [-0.39, 0.29) is 11.9 Å². The van der Waals surface area contributed by atoms with E-state index >= 15 is 0 Å². The van der Waals surface area contributed by atoms with Crippen LogP contribution in [0.2, 0.25) is 0 Å². The second-order valence-corrected chi connectivity index (χ2v) is 4.85. The molecule has 0 aliphatic heterocycles. The molecule has 2 aromatic rings. The molecule has 2 aromatic carbocycles. The summed E-state index contributed by atoms with van der Waals surface area (Å²) in [6.07, 6.45) is 0. The number of hydrogen-bond acceptors (Lipinski definition) is 3. The topological polar surface area (TPSA) is 78.9 Å². The van der Waals surface area contributed by atoms with Crippen LogP contribution in [-0.4, -0.2) is 5.91 Å². The van der Waals surface area contributed by atoms with Gasteiger partial charge in [0.15, 0.2) is 0 Å². The standard InChI is InChI=1S/C17H17N3O/c1-12(14-9-7-13(11-18)8-10-14)20-17(21)16(19)15-5-3-2-4-6-15/h2-10,12,16H,19H2,1H3,(H,20,21)/t12?,16-/m0/s1. The lowest BCUT2D eigenvalue weighted by Gasteiger charge is -2.18. The van der Waals surface area contributed by atoms with Gasteiger partial charge in [0.05, 0.1) is 17.7 Å². The van der Waals surface area contributed by atoms with E-state index in [0.29, 0.717) is 5.56 Å². The molecule has 1 amide bonds. The fourth-order valence-electron chi connectivity index (χ4n) is 2.04. The molecule has 0 saturated heterocycles. The summed E-state index contributed by atoms with van der Waals surface area (Å²) >= 11 is 0. The van der Waals surface area contributed by atoms with Crippen LogP contribution < -0.4 is 11.1 Å². The van der Waals surface area contributed by atoms with E-state index in [9.17, 15) is 4.79 Å². The Morgan fingerprint density at radius 3 is 2.29 bits per heavy atom. The van der Waals surface area contributed by atoms with E-state index in [4.69, 9.17) is 11.0 Å². The molecule has 4 heteroatoms. The summed E-state index contributed by atoms with van der Waals surface area (Å²) in [5.41, 5.74) is 8.26. The van der Waals surface area contributed by atoms with Crippen LogP contribution in [0, 0.1) is 11.3 Å². The molecule has 0 fully saturated rings. The average molecular weight is 279 g/mol. The van der Waals surface area contributed by atoms with Gasteiger partial charge in [0, 0.05) is 0 Å². The van der Waals surface area contributed by atoms with Crippen LogP contribution >= 0.6 is 0 Å². The molecule has 2 rings (SSSR count). The Hall–Kier alpha value is -2.64. The second-order valence-electron chi connectivity index (χ2n) is 4.85. The molecule has 1 unspecified atom stereocenters. The van der Waals surface area contributed by atoms with Crippen LogP contribution in [-0.2, 0) is 4.79 Å².